The van der Waals surface area contributed by atoms with E-state index in [1.807, 2.05) is 6.07 Å². The van der Waals surface area contributed by atoms with Crippen LogP contribution in [-0.4, -0.2) is 12.6 Å². The number of rotatable bonds is 4. The Balaban J connectivity index is 2.22. The van der Waals surface area contributed by atoms with Crippen LogP contribution >= 0.6 is 11.8 Å². The predicted octanol–water partition coefficient (Wildman–Crippen LogP) is 3.91. The van der Waals surface area contributed by atoms with Gasteiger partial charge in [-0.2, -0.15) is 0 Å². The number of hydrogen-bond acceptors (Lipinski definition) is 4. The van der Waals surface area contributed by atoms with Gasteiger partial charge in [0.25, 0.3) is 0 Å². The zero-order valence-electron chi connectivity index (χ0n) is 11.6. The van der Waals surface area contributed by atoms with Gasteiger partial charge in [0.2, 0.25) is 0 Å². The number of carbonyl (C=O) groups excluding carboxylic acids is 1. The Morgan fingerprint density at radius 2 is 1.80 bits per heavy atom. The molecule has 2 aromatic rings. The normalized spacial score (nSPS) is 10.3. The van der Waals surface area contributed by atoms with Gasteiger partial charge in [-0.25, -0.2) is 4.79 Å². The van der Waals surface area contributed by atoms with E-state index < -0.39 is 0 Å². The van der Waals surface area contributed by atoms with Crippen molar-refractivity contribution >= 4 is 23.4 Å². The van der Waals surface area contributed by atoms with Crippen LogP contribution in [0.1, 0.15) is 22.8 Å². The van der Waals surface area contributed by atoms with Gasteiger partial charge in [0.05, 0.1) is 12.2 Å². The monoisotopic (exact) mass is 287 g/mol. The quantitative estimate of drug-likeness (QED) is 0.684. The average molecular weight is 287 g/mol. The first-order valence-electron chi connectivity index (χ1n) is 6.41. The summed E-state index contributed by atoms with van der Waals surface area (Å²) in [6, 6.07) is 13.7. The lowest BCUT2D eigenvalue weighted by molar-refractivity contribution is 0.0527. The van der Waals surface area contributed by atoms with Gasteiger partial charge in [-0.1, -0.05) is 29.5 Å². The Morgan fingerprint density at radius 1 is 1.15 bits per heavy atom. The van der Waals surface area contributed by atoms with Crippen molar-refractivity contribution in [1.82, 2.24) is 0 Å². The summed E-state index contributed by atoms with van der Waals surface area (Å²) in [5.74, 6) is -0.378. The highest BCUT2D eigenvalue weighted by Gasteiger charge is 2.12. The summed E-state index contributed by atoms with van der Waals surface area (Å²) in [6.45, 7) is 4.17. The maximum Gasteiger partial charge on any atom is 0.340 e. The highest BCUT2D eigenvalue weighted by molar-refractivity contribution is 7.99. The molecule has 0 atom stereocenters. The molecule has 3 nitrogen and oxygen atoms in total. The Bertz CT molecular complexity index is 608. The fourth-order valence-electron chi connectivity index (χ4n) is 1.73. The molecular formula is C16H17NO2S. The van der Waals surface area contributed by atoms with Crippen molar-refractivity contribution in [3.63, 3.8) is 0 Å². The van der Waals surface area contributed by atoms with Crippen molar-refractivity contribution in [3.05, 3.63) is 53.6 Å². The van der Waals surface area contributed by atoms with Crippen LogP contribution in [0.4, 0.5) is 5.69 Å². The third-order valence-electron chi connectivity index (χ3n) is 2.78. The smallest absolute Gasteiger partial charge is 0.340 e. The van der Waals surface area contributed by atoms with E-state index in [1.165, 1.54) is 5.56 Å². The molecule has 0 spiro atoms. The molecular weight excluding hydrogens is 270 g/mol. The molecule has 0 fully saturated rings. The van der Waals surface area contributed by atoms with Crippen molar-refractivity contribution in [3.8, 4) is 0 Å². The first-order chi connectivity index (χ1) is 9.60. The van der Waals surface area contributed by atoms with Crippen LogP contribution < -0.4 is 5.73 Å². The molecule has 0 aliphatic carbocycles. The standard InChI is InChI=1S/C16H17NO2S/c1-3-19-16(18)14-10-13(8-9-15(14)17)20-12-6-4-11(2)5-7-12/h4-10H,3,17H2,1-2H3. The SMILES string of the molecule is CCOC(=O)c1cc(Sc2ccc(C)cc2)ccc1N. The molecule has 4 heteroatoms. The minimum absolute atomic E-state index is 0.341. The van der Waals surface area contributed by atoms with Crippen molar-refractivity contribution < 1.29 is 9.53 Å². The number of hydrogen-bond donors (Lipinski definition) is 1. The van der Waals surface area contributed by atoms with E-state index in [9.17, 15) is 4.79 Å². The van der Waals surface area contributed by atoms with Crippen LogP contribution in [0.25, 0.3) is 0 Å². The molecule has 0 aliphatic heterocycles. The number of nitrogens with two attached hydrogens (primary N) is 1. The van der Waals surface area contributed by atoms with Crippen molar-refractivity contribution in [2.45, 2.75) is 23.6 Å². The molecule has 0 saturated carbocycles. The lowest BCUT2D eigenvalue weighted by Gasteiger charge is -2.08. The predicted molar refractivity (Wildman–Crippen MR) is 82.1 cm³/mol. The molecule has 2 rings (SSSR count). The summed E-state index contributed by atoms with van der Waals surface area (Å²) in [4.78, 5) is 13.9. The maximum absolute atomic E-state index is 11.8. The Hall–Kier alpha value is -1.94. The summed E-state index contributed by atoms with van der Waals surface area (Å²) in [7, 11) is 0. The highest BCUT2D eigenvalue weighted by Crippen LogP contribution is 2.30. The van der Waals surface area contributed by atoms with Gasteiger partial charge >= 0.3 is 5.97 Å². The molecule has 20 heavy (non-hydrogen) atoms. The fourth-order valence-corrected chi connectivity index (χ4v) is 2.58. The number of aryl methyl sites for hydroxylation is 1. The Labute approximate surface area is 123 Å². The lowest BCUT2D eigenvalue weighted by atomic mass is 10.2. The van der Waals surface area contributed by atoms with Crippen LogP contribution in [-0.2, 0) is 4.74 Å². The second-order valence-corrected chi connectivity index (χ2v) is 5.53. The van der Waals surface area contributed by atoms with Gasteiger partial charge in [-0.15, -0.1) is 0 Å². The van der Waals surface area contributed by atoms with E-state index in [0.717, 1.165) is 9.79 Å². The summed E-state index contributed by atoms with van der Waals surface area (Å²) >= 11 is 1.59. The molecule has 104 valence electrons. The minimum Gasteiger partial charge on any atom is -0.462 e. The van der Waals surface area contributed by atoms with Gasteiger partial charge in [-0.05, 0) is 44.2 Å². The van der Waals surface area contributed by atoms with Crippen LogP contribution in [0.5, 0.6) is 0 Å². The average Bonchev–Trinajstić information content (AvgIpc) is 2.43. The number of esters is 1. The van der Waals surface area contributed by atoms with Gasteiger partial charge in [0, 0.05) is 15.5 Å². The van der Waals surface area contributed by atoms with Crippen LogP contribution in [0.2, 0.25) is 0 Å². The third-order valence-corrected chi connectivity index (χ3v) is 3.77. The van der Waals surface area contributed by atoms with E-state index in [-0.39, 0.29) is 5.97 Å². The number of carbonyl (C=O) groups is 1. The molecule has 2 N–H and O–H groups in total. The number of anilines is 1. The molecule has 0 saturated heterocycles. The van der Waals surface area contributed by atoms with E-state index in [1.54, 1.807) is 30.8 Å². The largest absolute Gasteiger partial charge is 0.462 e. The van der Waals surface area contributed by atoms with Crippen molar-refractivity contribution in [2.24, 2.45) is 0 Å². The van der Waals surface area contributed by atoms with E-state index in [2.05, 4.69) is 31.2 Å². The number of ether oxygens (including phenoxy) is 1. The maximum atomic E-state index is 11.8. The molecule has 0 aliphatic rings. The number of nitrogen functional groups attached to an aromatic ring is 1. The molecule has 0 amide bonds. The van der Waals surface area contributed by atoms with Crippen LogP contribution in [0.3, 0.4) is 0 Å². The third kappa shape index (κ3) is 3.54. The molecule has 2 aromatic carbocycles. The van der Waals surface area contributed by atoms with Gasteiger partial charge in [-0.3, -0.25) is 0 Å². The first-order valence-corrected chi connectivity index (χ1v) is 7.23. The van der Waals surface area contributed by atoms with E-state index in [4.69, 9.17) is 10.5 Å². The topological polar surface area (TPSA) is 52.3 Å². The summed E-state index contributed by atoms with van der Waals surface area (Å²) in [5, 5.41) is 0. The second-order valence-electron chi connectivity index (χ2n) is 4.38. The van der Waals surface area contributed by atoms with Crippen LogP contribution in [0, 0.1) is 6.92 Å². The summed E-state index contributed by atoms with van der Waals surface area (Å²) in [5.41, 5.74) is 7.91. The highest BCUT2D eigenvalue weighted by atomic mass is 32.2. The van der Waals surface area contributed by atoms with Crippen molar-refractivity contribution in [2.75, 3.05) is 12.3 Å². The molecule has 0 radical (unpaired) electrons. The van der Waals surface area contributed by atoms with Gasteiger partial charge in [0.15, 0.2) is 0 Å². The number of benzene rings is 2. The first kappa shape index (κ1) is 14.5. The van der Waals surface area contributed by atoms with Crippen molar-refractivity contribution in [1.29, 1.82) is 0 Å². The zero-order valence-corrected chi connectivity index (χ0v) is 12.4. The lowest BCUT2D eigenvalue weighted by Crippen LogP contribution is -2.07. The van der Waals surface area contributed by atoms with Gasteiger partial charge < -0.3 is 10.5 Å². The Morgan fingerprint density at radius 3 is 2.45 bits per heavy atom. The second kappa shape index (κ2) is 6.48. The van der Waals surface area contributed by atoms with E-state index >= 15 is 0 Å². The van der Waals surface area contributed by atoms with Crippen LogP contribution in [0.15, 0.2) is 52.3 Å². The molecule has 0 heterocycles. The summed E-state index contributed by atoms with van der Waals surface area (Å²) in [6.07, 6.45) is 0. The Kier molecular flexibility index (Phi) is 4.69. The summed E-state index contributed by atoms with van der Waals surface area (Å²) < 4.78 is 5.00. The minimum atomic E-state index is -0.378. The molecule has 0 unspecified atom stereocenters. The zero-order chi connectivity index (χ0) is 14.5. The van der Waals surface area contributed by atoms with E-state index in [0.29, 0.717) is 17.9 Å². The molecule has 0 bridgehead atoms. The molecule has 0 aromatic heterocycles. The fraction of sp³-hybridized carbons (Fsp3) is 0.188. The van der Waals surface area contributed by atoms with Gasteiger partial charge in [0.1, 0.15) is 0 Å².